The zero-order valence-electron chi connectivity index (χ0n) is 9.70. The first-order valence-corrected chi connectivity index (χ1v) is 5.69. The van der Waals surface area contributed by atoms with Crippen LogP contribution in [0.4, 0.5) is 0 Å². The van der Waals surface area contributed by atoms with Gasteiger partial charge in [0.15, 0.2) is 5.78 Å². The Hall–Kier alpha value is -0.940. The highest BCUT2D eigenvalue weighted by molar-refractivity contribution is 5.99. The van der Waals surface area contributed by atoms with Gasteiger partial charge >= 0.3 is 5.97 Å². The zero-order chi connectivity index (χ0) is 12.0. The van der Waals surface area contributed by atoms with Crippen molar-refractivity contribution in [3.8, 4) is 0 Å². The molecule has 16 heavy (non-hydrogen) atoms. The molecule has 1 unspecified atom stereocenters. The van der Waals surface area contributed by atoms with Crippen molar-refractivity contribution in [2.45, 2.75) is 31.7 Å². The minimum absolute atomic E-state index is 0.0723. The second-order valence-corrected chi connectivity index (χ2v) is 4.25. The van der Waals surface area contributed by atoms with E-state index < -0.39 is 0 Å². The van der Waals surface area contributed by atoms with Gasteiger partial charge in [0.2, 0.25) is 0 Å². The molecule has 0 aromatic heterocycles. The lowest BCUT2D eigenvalue weighted by Crippen LogP contribution is -2.29. The fraction of sp³-hybridized carbons (Fsp3) is 0.818. The molecular formula is C11H20N2O3. The summed E-state index contributed by atoms with van der Waals surface area (Å²) in [4.78, 5) is 20.6. The molecule has 1 saturated heterocycles. The van der Waals surface area contributed by atoms with E-state index in [0.29, 0.717) is 18.8 Å². The van der Waals surface area contributed by atoms with E-state index in [1.165, 1.54) is 7.11 Å². The Labute approximate surface area is 95.7 Å². The van der Waals surface area contributed by atoms with Crippen LogP contribution in [0.25, 0.3) is 0 Å². The lowest BCUT2D eigenvalue weighted by atomic mass is 9.95. The molecule has 2 aliphatic rings. The van der Waals surface area contributed by atoms with Crippen LogP contribution in [0.5, 0.6) is 0 Å². The monoisotopic (exact) mass is 228 g/mol. The van der Waals surface area contributed by atoms with E-state index in [1.54, 1.807) is 0 Å². The number of ether oxygens (including phenoxy) is 1. The molecule has 2 rings (SSSR count). The third-order valence-corrected chi connectivity index (χ3v) is 2.82. The van der Waals surface area contributed by atoms with Gasteiger partial charge in [-0.3, -0.25) is 9.59 Å². The van der Waals surface area contributed by atoms with Crippen LogP contribution in [0.3, 0.4) is 0 Å². The van der Waals surface area contributed by atoms with E-state index in [4.69, 9.17) is 5.73 Å². The molecule has 1 aliphatic carbocycles. The standard InChI is InChI=1S/C8H15NO2.C3H5NO/c1-11-8(10)6-7-2-4-9-5-3-7;4-2-1-3(2)5/h7,9H,2-6H2,1H3;2H,1,4H2. The predicted molar refractivity (Wildman–Crippen MR) is 59.8 cm³/mol. The van der Waals surface area contributed by atoms with Crippen molar-refractivity contribution >= 4 is 11.8 Å². The Kier molecular flexibility index (Phi) is 5.42. The van der Waals surface area contributed by atoms with Crippen LogP contribution in [0.15, 0.2) is 0 Å². The molecule has 1 saturated carbocycles. The summed E-state index contributed by atoms with van der Waals surface area (Å²) in [7, 11) is 1.45. The van der Waals surface area contributed by atoms with Gasteiger partial charge in [-0.1, -0.05) is 0 Å². The van der Waals surface area contributed by atoms with Gasteiger partial charge in [-0.2, -0.15) is 0 Å². The first kappa shape index (κ1) is 13.1. The molecule has 0 radical (unpaired) electrons. The number of rotatable bonds is 2. The van der Waals surface area contributed by atoms with Crippen molar-refractivity contribution in [1.82, 2.24) is 5.32 Å². The highest BCUT2D eigenvalue weighted by Crippen LogP contribution is 2.15. The van der Waals surface area contributed by atoms with Gasteiger partial charge in [0.1, 0.15) is 0 Å². The van der Waals surface area contributed by atoms with Crippen LogP contribution in [0.2, 0.25) is 0 Å². The van der Waals surface area contributed by atoms with Crippen molar-refractivity contribution < 1.29 is 14.3 Å². The molecule has 0 aromatic rings. The number of carbonyl (C=O) groups is 2. The highest BCUT2D eigenvalue weighted by Gasteiger charge is 2.29. The van der Waals surface area contributed by atoms with Gasteiger partial charge < -0.3 is 15.8 Å². The van der Waals surface area contributed by atoms with Crippen molar-refractivity contribution in [3.05, 3.63) is 0 Å². The number of Topliss-reactive ketones (excluding diaryl/α,β-unsaturated/α-hetero) is 1. The Morgan fingerprint density at radius 3 is 2.38 bits per heavy atom. The fourth-order valence-corrected chi connectivity index (χ4v) is 1.56. The third-order valence-electron chi connectivity index (χ3n) is 2.82. The van der Waals surface area contributed by atoms with Gasteiger partial charge in [-0.15, -0.1) is 0 Å². The normalized spacial score (nSPS) is 24.4. The maximum absolute atomic E-state index is 10.8. The van der Waals surface area contributed by atoms with Crippen LogP contribution in [0.1, 0.15) is 25.7 Å². The van der Waals surface area contributed by atoms with Gasteiger partial charge in [0.25, 0.3) is 0 Å². The molecule has 0 amide bonds. The number of carbonyl (C=O) groups excluding carboxylic acids is 2. The van der Waals surface area contributed by atoms with E-state index >= 15 is 0 Å². The first-order chi connectivity index (χ1) is 7.63. The van der Waals surface area contributed by atoms with Gasteiger partial charge in [-0.05, 0) is 31.8 Å². The second-order valence-electron chi connectivity index (χ2n) is 4.25. The molecule has 5 heteroatoms. The largest absolute Gasteiger partial charge is 0.469 e. The maximum Gasteiger partial charge on any atom is 0.305 e. The molecular weight excluding hydrogens is 208 g/mol. The summed E-state index contributed by atoms with van der Waals surface area (Å²) in [6.45, 7) is 2.09. The van der Waals surface area contributed by atoms with Gasteiger partial charge in [0, 0.05) is 12.8 Å². The number of nitrogens with one attached hydrogen (secondary N) is 1. The van der Waals surface area contributed by atoms with Crippen LogP contribution in [-0.4, -0.2) is 38.0 Å². The number of ketones is 1. The van der Waals surface area contributed by atoms with E-state index in [9.17, 15) is 9.59 Å². The molecule has 2 fully saturated rings. The molecule has 0 aromatic carbocycles. The van der Waals surface area contributed by atoms with Crippen molar-refractivity contribution in [2.24, 2.45) is 11.7 Å². The number of hydrogen-bond donors (Lipinski definition) is 2. The van der Waals surface area contributed by atoms with Crippen molar-refractivity contribution in [1.29, 1.82) is 0 Å². The zero-order valence-corrected chi connectivity index (χ0v) is 9.70. The van der Waals surface area contributed by atoms with Crippen molar-refractivity contribution in [2.75, 3.05) is 20.2 Å². The van der Waals surface area contributed by atoms with Crippen LogP contribution in [0, 0.1) is 5.92 Å². The number of esters is 1. The van der Waals surface area contributed by atoms with E-state index in [-0.39, 0.29) is 17.8 Å². The summed E-state index contributed by atoms with van der Waals surface area (Å²) in [6, 6.07) is -0.0880. The molecule has 0 spiro atoms. The summed E-state index contributed by atoms with van der Waals surface area (Å²) in [5.74, 6) is 0.672. The van der Waals surface area contributed by atoms with Gasteiger partial charge in [-0.25, -0.2) is 0 Å². The lowest BCUT2D eigenvalue weighted by molar-refractivity contribution is -0.141. The molecule has 1 atom stereocenters. The molecule has 92 valence electrons. The Balaban J connectivity index is 0.000000212. The Bertz CT molecular complexity index is 250. The second kappa shape index (κ2) is 6.60. The average molecular weight is 228 g/mol. The lowest BCUT2D eigenvalue weighted by Gasteiger charge is -2.20. The summed E-state index contributed by atoms with van der Waals surface area (Å²) in [5, 5.41) is 3.25. The Morgan fingerprint density at radius 2 is 2.00 bits per heavy atom. The third kappa shape index (κ3) is 5.23. The summed E-state index contributed by atoms with van der Waals surface area (Å²) in [5.41, 5.74) is 5.02. The number of piperidine rings is 1. The number of methoxy groups -OCH3 is 1. The SMILES string of the molecule is COC(=O)CC1CCNCC1.NC1CC1=O. The van der Waals surface area contributed by atoms with E-state index in [2.05, 4.69) is 10.1 Å². The average Bonchev–Trinajstić information content (AvgIpc) is 2.94. The topological polar surface area (TPSA) is 81.4 Å². The molecule has 0 bridgehead atoms. The smallest absolute Gasteiger partial charge is 0.305 e. The molecule has 3 N–H and O–H groups in total. The van der Waals surface area contributed by atoms with Crippen LogP contribution in [-0.2, 0) is 14.3 Å². The van der Waals surface area contributed by atoms with Gasteiger partial charge in [0.05, 0.1) is 13.2 Å². The number of hydrogen-bond acceptors (Lipinski definition) is 5. The minimum Gasteiger partial charge on any atom is -0.469 e. The van der Waals surface area contributed by atoms with E-state index in [1.807, 2.05) is 0 Å². The quantitative estimate of drug-likeness (QED) is 0.642. The van der Waals surface area contributed by atoms with E-state index in [0.717, 1.165) is 25.9 Å². The van der Waals surface area contributed by atoms with Crippen LogP contribution >= 0.6 is 0 Å². The molecule has 1 heterocycles. The number of nitrogens with two attached hydrogens (primary N) is 1. The summed E-state index contributed by atoms with van der Waals surface area (Å²) < 4.78 is 4.59. The fourth-order valence-electron chi connectivity index (χ4n) is 1.56. The molecule has 1 aliphatic heterocycles. The summed E-state index contributed by atoms with van der Waals surface area (Å²) in [6.07, 6.45) is 3.42. The predicted octanol–water partition coefficient (Wildman–Crippen LogP) is -0.164. The molecule has 5 nitrogen and oxygen atoms in total. The summed E-state index contributed by atoms with van der Waals surface area (Å²) >= 11 is 0. The first-order valence-electron chi connectivity index (χ1n) is 5.69. The Morgan fingerprint density at radius 1 is 1.50 bits per heavy atom. The van der Waals surface area contributed by atoms with Crippen LogP contribution < -0.4 is 11.1 Å². The van der Waals surface area contributed by atoms with Crippen molar-refractivity contribution in [3.63, 3.8) is 0 Å². The maximum atomic E-state index is 10.8. The highest BCUT2D eigenvalue weighted by atomic mass is 16.5. The minimum atomic E-state index is -0.0880.